The van der Waals surface area contributed by atoms with Crippen LogP contribution in [0.15, 0.2) is 29.4 Å². The Morgan fingerprint density at radius 1 is 1.46 bits per heavy atom. The highest BCUT2D eigenvalue weighted by atomic mass is 32.2. The third-order valence-corrected chi connectivity index (χ3v) is 5.90. The second-order valence-corrected chi connectivity index (χ2v) is 8.00. The molecule has 1 atom stereocenters. The maximum absolute atomic E-state index is 12.5. The standard InChI is InChI=1S/C16H24N4O3S/c1-23-8-7-20-6-2-3-13(11-20)10-19-24(21,22)14-4-5-15-16(9-14)18-12-17-15/h4-5,9,12-13,19H,2-3,6-8,10-11H2,1H3,(H,17,18)/t13-/m1/s1. The molecule has 8 heteroatoms. The molecule has 2 heterocycles. The minimum absolute atomic E-state index is 0.270. The highest BCUT2D eigenvalue weighted by Crippen LogP contribution is 2.18. The Kier molecular flexibility index (Phi) is 5.50. The van der Waals surface area contributed by atoms with Gasteiger partial charge in [-0.15, -0.1) is 0 Å². The van der Waals surface area contributed by atoms with Crippen molar-refractivity contribution >= 4 is 21.1 Å². The molecule has 0 spiro atoms. The van der Waals surface area contributed by atoms with Crippen molar-refractivity contribution in [1.29, 1.82) is 0 Å². The van der Waals surface area contributed by atoms with Gasteiger partial charge in [0.25, 0.3) is 0 Å². The second-order valence-electron chi connectivity index (χ2n) is 6.24. The SMILES string of the molecule is COCCN1CCC[C@H](CNS(=O)(=O)c2ccc3nc[nH]c3c2)C1. The number of aromatic amines is 1. The van der Waals surface area contributed by atoms with Crippen molar-refractivity contribution in [2.24, 2.45) is 5.92 Å². The zero-order valence-corrected chi connectivity index (χ0v) is 14.7. The lowest BCUT2D eigenvalue weighted by Crippen LogP contribution is -2.42. The number of sulfonamides is 1. The first-order valence-electron chi connectivity index (χ1n) is 8.22. The van der Waals surface area contributed by atoms with E-state index in [1.165, 1.54) is 0 Å². The Labute approximate surface area is 142 Å². The maximum Gasteiger partial charge on any atom is 0.240 e. The Morgan fingerprint density at radius 3 is 3.17 bits per heavy atom. The molecule has 24 heavy (non-hydrogen) atoms. The zero-order chi connectivity index (χ0) is 17.0. The summed E-state index contributed by atoms with van der Waals surface area (Å²) in [4.78, 5) is 9.65. The van der Waals surface area contributed by atoms with Gasteiger partial charge in [0.1, 0.15) is 0 Å². The second kappa shape index (κ2) is 7.60. The van der Waals surface area contributed by atoms with E-state index in [4.69, 9.17) is 4.74 Å². The fraction of sp³-hybridized carbons (Fsp3) is 0.562. The van der Waals surface area contributed by atoms with Gasteiger partial charge in [0.2, 0.25) is 10.0 Å². The number of nitrogens with one attached hydrogen (secondary N) is 2. The van der Waals surface area contributed by atoms with E-state index in [2.05, 4.69) is 19.6 Å². The average Bonchev–Trinajstić information content (AvgIpc) is 3.06. The molecule has 1 aromatic carbocycles. The van der Waals surface area contributed by atoms with Crippen LogP contribution < -0.4 is 4.72 Å². The monoisotopic (exact) mass is 352 g/mol. The summed E-state index contributed by atoms with van der Waals surface area (Å²) >= 11 is 0. The highest BCUT2D eigenvalue weighted by molar-refractivity contribution is 7.89. The molecule has 2 aromatic rings. The summed E-state index contributed by atoms with van der Waals surface area (Å²) in [5.41, 5.74) is 1.48. The van der Waals surface area contributed by atoms with Crippen LogP contribution >= 0.6 is 0 Å². The number of hydrogen-bond acceptors (Lipinski definition) is 5. The summed E-state index contributed by atoms with van der Waals surface area (Å²) in [5, 5.41) is 0. The van der Waals surface area contributed by atoms with Gasteiger partial charge in [0, 0.05) is 26.7 Å². The van der Waals surface area contributed by atoms with Gasteiger partial charge >= 0.3 is 0 Å². The molecule has 2 N–H and O–H groups in total. The Hall–Kier alpha value is -1.48. The Balaban J connectivity index is 1.60. The molecular formula is C16H24N4O3S. The van der Waals surface area contributed by atoms with Gasteiger partial charge in [0.15, 0.2) is 0 Å². The number of H-pyrrole nitrogens is 1. The fourth-order valence-corrected chi connectivity index (χ4v) is 4.28. The third-order valence-electron chi connectivity index (χ3n) is 4.48. The van der Waals surface area contributed by atoms with E-state index in [1.807, 2.05) is 0 Å². The molecule has 132 valence electrons. The topological polar surface area (TPSA) is 87.3 Å². The molecule has 7 nitrogen and oxygen atoms in total. The van der Waals surface area contributed by atoms with Gasteiger partial charge in [0.05, 0.1) is 28.9 Å². The first kappa shape index (κ1) is 17.3. The van der Waals surface area contributed by atoms with E-state index in [1.54, 1.807) is 31.6 Å². The zero-order valence-electron chi connectivity index (χ0n) is 13.9. The van der Waals surface area contributed by atoms with E-state index >= 15 is 0 Å². The van der Waals surface area contributed by atoms with E-state index in [-0.39, 0.29) is 4.90 Å². The number of nitrogens with zero attached hydrogens (tertiary/aromatic N) is 2. The number of benzene rings is 1. The van der Waals surface area contributed by atoms with Crippen LogP contribution in [0.4, 0.5) is 0 Å². The first-order valence-corrected chi connectivity index (χ1v) is 9.71. The van der Waals surface area contributed by atoms with Crippen molar-refractivity contribution in [2.75, 3.05) is 39.9 Å². The molecule has 1 aliphatic heterocycles. The highest BCUT2D eigenvalue weighted by Gasteiger charge is 2.22. The van der Waals surface area contributed by atoms with E-state index < -0.39 is 10.0 Å². The first-order chi connectivity index (χ1) is 11.6. The summed E-state index contributed by atoms with van der Waals surface area (Å²) in [6, 6.07) is 4.93. The fourth-order valence-electron chi connectivity index (χ4n) is 3.13. The molecule has 0 bridgehead atoms. The van der Waals surface area contributed by atoms with Gasteiger partial charge in [-0.25, -0.2) is 18.1 Å². The third kappa shape index (κ3) is 4.13. The number of hydrogen-bond donors (Lipinski definition) is 2. The molecule has 1 aromatic heterocycles. The van der Waals surface area contributed by atoms with Crippen LogP contribution in [0.2, 0.25) is 0 Å². The van der Waals surface area contributed by atoms with E-state index in [9.17, 15) is 8.42 Å². The van der Waals surface area contributed by atoms with Crippen LogP contribution in [0, 0.1) is 5.92 Å². The van der Waals surface area contributed by atoms with Crippen molar-refractivity contribution < 1.29 is 13.2 Å². The number of likely N-dealkylation sites (tertiary alicyclic amines) is 1. The lowest BCUT2D eigenvalue weighted by Gasteiger charge is -2.32. The smallest absolute Gasteiger partial charge is 0.240 e. The lowest BCUT2D eigenvalue weighted by atomic mass is 9.98. The van der Waals surface area contributed by atoms with Crippen molar-refractivity contribution in [2.45, 2.75) is 17.7 Å². The molecule has 1 saturated heterocycles. The molecule has 0 saturated carbocycles. The Bertz CT molecular complexity index is 774. The lowest BCUT2D eigenvalue weighted by molar-refractivity contribution is 0.115. The number of fused-ring (bicyclic) bond motifs is 1. The number of aromatic nitrogens is 2. The van der Waals surface area contributed by atoms with Gasteiger partial charge in [-0.05, 0) is 43.5 Å². The van der Waals surface area contributed by atoms with Gasteiger partial charge in [-0.3, -0.25) is 0 Å². The number of rotatable bonds is 7. The summed E-state index contributed by atoms with van der Waals surface area (Å²) < 4.78 is 32.9. The van der Waals surface area contributed by atoms with Crippen molar-refractivity contribution in [1.82, 2.24) is 19.6 Å². The predicted molar refractivity (Wildman–Crippen MR) is 92.3 cm³/mol. The van der Waals surface area contributed by atoms with Crippen molar-refractivity contribution in [3.05, 3.63) is 24.5 Å². The summed E-state index contributed by atoms with van der Waals surface area (Å²) in [5.74, 6) is 0.335. The summed E-state index contributed by atoms with van der Waals surface area (Å²) in [6.45, 7) is 4.04. The van der Waals surface area contributed by atoms with Crippen LogP contribution in [0.5, 0.6) is 0 Å². The molecular weight excluding hydrogens is 328 g/mol. The quantitative estimate of drug-likeness (QED) is 0.782. The van der Waals surface area contributed by atoms with Crippen LogP contribution in [0.25, 0.3) is 11.0 Å². The largest absolute Gasteiger partial charge is 0.383 e. The van der Waals surface area contributed by atoms with Gasteiger partial charge in [-0.1, -0.05) is 0 Å². The van der Waals surface area contributed by atoms with E-state index in [0.29, 0.717) is 19.1 Å². The van der Waals surface area contributed by atoms with Crippen molar-refractivity contribution in [3.8, 4) is 0 Å². The molecule has 0 unspecified atom stereocenters. The number of methoxy groups -OCH3 is 1. The molecule has 0 radical (unpaired) electrons. The summed E-state index contributed by atoms with van der Waals surface area (Å²) in [6.07, 6.45) is 3.70. The van der Waals surface area contributed by atoms with Crippen LogP contribution in [0.1, 0.15) is 12.8 Å². The van der Waals surface area contributed by atoms with Crippen LogP contribution in [0.3, 0.4) is 0 Å². The normalized spacial score (nSPS) is 19.8. The number of imidazole rings is 1. The van der Waals surface area contributed by atoms with Crippen molar-refractivity contribution in [3.63, 3.8) is 0 Å². The van der Waals surface area contributed by atoms with E-state index in [0.717, 1.165) is 43.5 Å². The molecule has 0 amide bonds. The molecule has 0 aliphatic carbocycles. The van der Waals surface area contributed by atoms with Crippen LogP contribution in [-0.2, 0) is 14.8 Å². The minimum atomic E-state index is -3.50. The minimum Gasteiger partial charge on any atom is -0.383 e. The van der Waals surface area contributed by atoms with Gasteiger partial charge < -0.3 is 14.6 Å². The summed E-state index contributed by atoms with van der Waals surface area (Å²) in [7, 11) is -1.80. The molecule has 1 aliphatic rings. The van der Waals surface area contributed by atoms with Crippen LogP contribution in [-0.4, -0.2) is 63.2 Å². The number of ether oxygens (including phenoxy) is 1. The predicted octanol–water partition coefficient (Wildman–Crippen LogP) is 1.20. The Morgan fingerprint density at radius 2 is 2.33 bits per heavy atom. The maximum atomic E-state index is 12.5. The average molecular weight is 352 g/mol. The molecule has 3 rings (SSSR count). The van der Waals surface area contributed by atoms with Gasteiger partial charge in [-0.2, -0.15) is 0 Å². The number of piperidine rings is 1. The molecule has 1 fully saturated rings.